The molecule has 7 atom stereocenters. The minimum Gasteiger partial charge on any atom is -0.482 e. The van der Waals surface area contributed by atoms with Gasteiger partial charge in [0.1, 0.15) is 23.4 Å². The number of rotatable bonds is 12. The monoisotopic (exact) mass is 817 g/mol. The van der Waals surface area contributed by atoms with E-state index in [1.54, 1.807) is 23.8 Å². The number of hydrogen-bond donors (Lipinski definition) is 4. The highest BCUT2D eigenvalue weighted by Gasteiger charge is 2.86. The molecule has 7 aliphatic rings. The smallest absolute Gasteiger partial charge is 0.482 e. The van der Waals surface area contributed by atoms with Crippen LogP contribution in [-0.4, -0.2) is 82.6 Å². The summed E-state index contributed by atoms with van der Waals surface area (Å²) in [4.78, 5) is 59.1. The minimum atomic E-state index is -5.22. The first-order valence-corrected chi connectivity index (χ1v) is 21.4. The van der Waals surface area contributed by atoms with Crippen molar-refractivity contribution in [3.8, 4) is 17.2 Å². The number of phosphoric ester groups is 1. The Kier molecular flexibility index (Phi) is 9.64. The number of nitrogens with zero attached hydrogens (tertiary/aromatic N) is 4. The Bertz CT molecular complexity index is 2310. The van der Waals surface area contributed by atoms with Crippen LogP contribution in [0, 0.1) is 17.8 Å². The molecule has 5 heterocycles. The number of hydrogen-bond acceptors (Lipinski definition) is 11. The van der Waals surface area contributed by atoms with E-state index < -0.39 is 59.9 Å². The first-order chi connectivity index (χ1) is 27.3. The molecule has 15 nitrogen and oxygen atoms in total. The van der Waals surface area contributed by atoms with Crippen molar-refractivity contribution in [2.24, 2.45) is 22.7 Å². The molecule has 9 rings (SSSR count). The number of benzene rings is 1. The number of aliphatic hydroxyl groups excluding tert-OH is 1. The van der Waals surface area contributed by atoms with Gasteiger partial charge in [-0.15, -0.1) is 0 Å². The van der Waals surface area contributed by atoms with Gasteiger partial charge in [-0.25, -0.2) is 14.2 Å². The van der Waals surface area contributed by atoms with Gasteiger partial charge in [-0.05, 0) is 93.2 Å². The van der Waals surface area contributed by atoms with Gasteiger partial charge in [-0.2, -0.15) is 10.1 Å². The third kappa shape index (κ3) is 6.06. The van der Waals surface area contributed by atoms with Crippen LogP contribution in [0.2, 0.25) is 0 Å². The third-order valence-corrected chi connectivity index (χ3v) is 13.2. The lowest BCUT2D eigenvalue weighted by Crippen LogP contribution is -2.79. The van der Waals surface area contributed by atoms with Gasteiger partial charge in [0.15, 0.2) is 22.7 Å². The number of carbonyl (C=O) groups excluding carboxylic acids is 2. The van der Waals surface area contributed by atoms with Crippen LogP contribution in [0.3, 0.4) is 0 Å². The molecule has 4 N–H and O–H groups in total. The lowest BCUT2D eigenvalue weighted by atomic mass is 9.44. The Morgan fingerprint density at radius 2 is 1.83 bits per heavy atom. The molecule has 310 valence electrons. The van der Waals surface area contributed by atoms with Gasteiger partial charge in [0, 0.05) is 35.9 Å². The van der Waals surface area contributed by atoms with E-state index in [9.17, 15) is 24.3 Å². The Labute approximate surface area is 337 Å². The highest BCUT2D eigenvalue weighted by Crippen LogP contribution is 2.73. The quantitative estimate of drug-likeness (QED) is 0.114. The van der Waals surface area contributed by atoms with Crippen LogP contribution >= 0.6 is 7.82 Å². The van der Waals surface area contributed by atoms with E-state index >= 15 is 4.79 Å². The zero-order chi connectivity index (χ0) is 41.7. The summed E-state index contributed by atoms with van der Waals surface area (Å²) >= 11 is 0. The van der Waals surface area contributed by atoms with Gasteiger partial charge in [0.25, 0.3) is 0 Å². The zero-order valence-electron chi connectivity index (χ0n) is 34.2. The van der Waals surface area contributed by atoms with Crippen LogP contribution in [-0.2, 0) is 25.3 Å². The van der Waals surface area contributed by atoms with Crippen molar-refractivity contribution in [1.82, 2.24) is 20.1 Å². The number of Topliss-reactive ketones (excluding diaryl/α,β-unsaturated/α-hetero) is 1. The summed E-state index contributed by atoms with van der Waals surface area (Å²) < 4.78 is 42.0. The van der Waals surface area contributed by atoms with Gasteiger partial charge in [0.05, 0.1) is 41.0 Å². The summed E-state index contributed by atoms with van der Waals surface area (Å²) in [6, 6.07) is -0.629. The third-order valence-electron chi connectivity index (χ3n) is 12.7. The summed E-state index contributed by atoms with van der Waals surface area (Å²) in [5.41, 5.74) is -0.699. The van der Waals surface area contributed by atoms with Crippen molar-refractivity contribution < 1.29 is 47.8 Å². The predicted octanol–water partition coefficient (Wildman–Crippen LogP) is 5.80. The number of carbonyl (C=O) groups is 2. The largest absolute Gasteiger partial charge is 0.524 e. The number of phosphoric acid groups is 1. The van der Waals surface area contributed by atoms with Crippen LogP contribution in [0.4, 0.5) is 5.95 Å². The number of fused-ring (bicyclic) bond motifs is 4. The maximum Gasteiger partial charge on any atom is 0.524 e. The molecule has 1 saturated heterocycles. The molecule has 58 heavy (non-hydrogen) atoms. The van der Waals surface area contributed by atoms with E-state index in [0.29, 0.717) is 47.4 Å². The summed E-state index contributed by atoms with van der Waals surface area (Å²) in [7, 11) is -5.22. The second-order valence-corrected chi connectivity index (χ2v) is 18.8. The normalized spacial score (nSPS) is 30.5. The van der Waals surface area contributed by atoms with Crippen molar-refractivity contribution >= 4 is 37.2 Å². The van der Waals surface area contributed by atoms with Gasteiger partial charge in [-0.3, -0.25) is 19.4 Å². The number of aromatic nitrogens is 3. The SMILES string of the molecule is CC(C)=CCCC1(C)C=Cc2c(c(CC=C(C)C)c3c(c2OP(=O)(O)O)C2=Nc4ncnn4C4C5CC6C(C)(C)OC(CC=C(C)C(=O)NCCO)(C5=O)C6(O3)C24)O1. The highest BCUT2D eigenvalue weighted by atomic mass is 31.2. The molecule has 3 saturated carbocycles. The van der Waals surface area contributed by atoms with E-state index in [0.717, 1.165) is 12.0 Å². The standard InChI is InChI=1S/C42H52N5O10P/c1-22(2)10-9-15-40(8)16-14-26-33(54-40)25(12-11-23(3)4)34-29(35(26)56-58(51,52)53)31-30-32(47-38(46-31)44-21-45-47)27-20-28-39(6,7)57-41(36(27)49,42(28,30)55-34)17-13-24(5)37(50)43-18-19-48/h10-11,13-14,16,21,27-28,30,32,48H,9,12,15,17-20H2,1-8H3,(H,43,50)(H2,51,52,53). The Morgan fingerprint density at radius 3 is 2.52 bits per heavy atom. The molecule has 3 aliphatic carbocycles. The molecule has 1 aromatic heterocycles. The molecular weight excluding hydrogens is 765 g/mol. The molecular formula is C42H52N5O10P. The number of amides is 1. The molecule has 7 unspecified atom stereocenters. The fourth-order valence-electron chi connectivity index (χ4n) is 10.4. The predicted molar refractivity (Wildman–Crippen MR) is 214 cm³/mol. The van der Waals surface area contributed by atoms with E-state index in [4.69, 9.17) is 23.7 Å². The first-order valence-electron chi connectivity index (χ1n) is 19.9. The Balaban J connectivity index is 1.43. The zero-order valence-corrected chi connectivity index (χ0v) is 35.1. The maximum absolute atomic E-state index is 15.4. The Hall–Kier alpha value is -4.40. The molecule has 1 amide bonds. The fourth-order valence-corrected chi connectivity index (χ4v) is 10.8. The summed E-state index contributed by atoms with van der Waals surface area (Å²) in [6.07, 6.45) is 13.0. The molecule has 4 fully saturated rings. The fraction of sp³-hybridized carbons (Fsp3) is 0.548. The summed E-state index contributed by atoms with van der Waals surface area (Å²) in [5, 5.41) is 16.6. The van der Waals surface area contributed by atoms with E-state index in [1.165, 1.54) is 11.9 Å². The van der Waals surface area contributed by atoms with Gasteiger partial charge >= 0.3 is 7.82 Å². The lowest BCUT2D eigenvalue weighted by Gasteiger charge is -2.64. The number of ether oxygens (including phenoxy) is 3. The second-order valence-electron chi connectivity index (χ2n) is 17.6. The van der Waals surface area contributed by atoms with Crippen LogP contribution < -0.4 is 19.3 Å². The number of nitrogens with one attached hydrogen (secondary N) is 1. The van der Waals surface area contributed by atoms with Crippen LogP contribution in [0.25, 0.3) is 6.08 Å². The van der Waals surface area contributed by atoms with E-state index in [1.807, 2.05) is 60.6 Å². The second kappa shape index (κ2) is 13.8. The highest BCUT2D eigenvalue weighted by molar-refractivity contribution is 7.46. The van der Waals surface area contributed by atoms with Crippen molar-refractivity contribution in [1.29, 1.82) is 0 Å². The number of allylic oxidation sites excluding steroid dienone is 4. The maximum atomic E-state index is 15.4. The minimum absolute atomic E-state index is 0.0154. The van der Waals surface area contributed by atoms with Gasteiger partial charge < -0.3 is 29.2 Å². The van der Waals surface area contributed by atoms with E-state index in [-0.39, 0.29) is 48.4 Å². The van der Waals surface area contributed by atoms with Crippen LogP contribution in [0.5, 0.6) is 17.2 Å². The molecule has 1 aromatic carbocycles. The number of ketones is 1. The molecule has 16 heteroatoms. The van der Waals surface area contributed by atoms with Crippen LogP contribution in [0.1, 0.15) is 104 Å². The number of aliphatic hydroxyl groups is 1. The van der Waals surface area contributed by atoms with Crippen molar-refractivity contribution in [3.05, 3.63) is 64.0 Å². The van der Waals surface area contributed by atoms with Gasteiger partial charge in [-0.1, -0.05) is 29.4 Å². The molecule has 0 radical (unpaired) electrons. The van der Waals surface area contributed by atoms with Crippen molar-refractivity contribution in [3.63, 3.8) is 0 Å². The molecule has 4 aliphatic heterocycles. The number of aliphatic imine (C=N–C) groups is 1. The van der Waals surface area contributed by atoms with E-state index in [2.05, 4.69) is 21.5 Å². The first kappa shape index (κ1) is 40.4. The van der Waals surface area contributed by atoms with Gasteiger partial charge in [0.2, 0.25) is 11.9 Å². The molecule has 4 bridgehead atoms. The summed E-state index contributed by atoms with van der Waals surface area (Å²) in [5.74, 6) is -1.67. The topological polar surface area (TPSA) is 204 Å². The average Bonchev–Trinajstić information content (AvgIpc) is 3.66. The molecule has 1 spiro atoms. The lowest BCUT2D eigenvalue weighted by molar-refractivity contribution is -0.207. The van der Waals surface area contributed by atoms with Crippen LogP contribution in [0.15, 0.2) is 52.3 Å². The Morgan fingerprint density at radius 1 is 1.09 bits per heavy atom. The summed E-state index contributed by atoms with van der Waals surface area (Å²) in [6.45, 7) is 15.4. The molecule has 2 aromatic rings. The van der Waals surface area contributed by atoms with Crippen molar-refractivity contribution in [2.75, 3.05) is 13.2 Å². The van der Waals surface area contributed by atoms with Crippen molar-refractivity contribution in [2.45, 2.75) is 116 Å². The average molecular weight is 818 g/mol.